The lowest BCUT2D eigenvalue weighted by atomic mass is 10.1. The van der Waals surface area contributed by atoms with Gasteiger partial charge in [0.25, 0.3) is 0 Å². The van der Waals surface area contributed by atoms with Crippen LogP contribution in [0, 0.1) is 5.92 Å². The molecule has 8 heteroatoms. The topological polar surface area (TPSA) is 78.0 Å². The van der Waals surface area contributed by atoms with Crippen LogP contribution in [0.5, 0.6) is 5.75 Å². The number of hydrogen-bond donors (Lipinski definition) is 3. The Bertz CT molecular complexity index is 643. The molecule has 0 aliphatic carbocycles. The second kappa shape index (κ2) is 14.5. The molecule has 2 rings (SSSR count). The molecular formula is C22H38IN5O2. The SMILES string of the molecule is CN=C(NCCc1ccc(OCC(C)C)cc1)NC1CCN(CC(=O)NC)CC1.I. The molecule has 1 amide bonds. The van der Waals surface area contributed by atoms with E-state index in [-0.39, 0.29) is 29.9 Å². The molecule has 1 aliphatic heterocycles. The number of halogens is 1. The Morgan fingerprint density at radius 2 is 1.90 bits per heavy atom. The highest BCUT2D eigenvalue weighted by molar-refractivity contribution is 14.0. The van der Waals surface area contributed by atoms with Crippen LogP contribution in [0.3, 0.4) is 0 Å². The zero-order valence-corrected chi connectivity index (χ0v) is 21.1. The van der Waals surface area contributed by atoms with Gasteiger partial charge in [-0.2, -0.15) is 0 Å². The summed E-state index contributed by atoms with van der Waals surface area (Å²) in [6, 6.07) is 8.71. The summed E-state index contributed by atoms with van der Waals surface area (Å²) in [5, 5.41) is 9.59. The van der Waals surface area contributed by atoms with Crippen LogP contribution in [0.4, 0.5) is 0 Å². The van der Waals surface area contributed by atoms with E-state index >= 15 is 0 Å². The minimum Gasteiger partial charge on any atom is -0.493 e. The van der Waals surface area contributed by atoms with E-state index in [2.05, 4.69) is 51.8 Å². The van der Waals surface area contributed by atoms with E-state index < -0.39 is 0 Å². The third-order valence-electron chi connectivity index (χ3n) is 5.01. The van der Waals surface area contributed by atoms with Crippen LogP contribution < -0.4 is 20.7 Å². The van der Waals surface area contributed by atoms with Gasteiger partial charge >= 0.3 is 0 Å². The molecule has 0 bridgehead atoms. The summed E-state index contributed by atoms with van der Waals surface area (Å²) in [6.07, 6.45) is 2.95. The van der Waals surface area contributed by atoms with Crippen molar-refractivity contribution in [1.82, 2.24) is 20.9 Å². The molecule has 0 spiro atoms. The number of nitrogens with one attached hydrogen (secondary N) is 3. The maximum Gasteiger partial charge on any atom is 0.233 e. The molecule has 7 nitrogen and oxygen atoms in total. The Hall–Kier alpha value is -1.55. The summed E-state index contributed by atoms with van der Waals surface area (Å²) >= 11 is 0. The van der Waals surface area contributed by atoms with Gasteiger partial charge in [0.1, 0.15) is 5.75 Å². The lowest BCUT2D eigenvalue weighted by molar-refractivity contribution is -0.122. The van der Waals surface area contributed by atoms with Crippen LogP contribution in [-0.2, 0) is 11.2 Å². The number of aliphatic imine (C=N–C) groups is 1. The van der Waals surface area contributed by atoms with Crippen molar-refractivity contribution in [2.45, 2.75) is 39.2 Å². The van der Waals surface area contributed by atoms with Crippen molar-refractivity contribution in [1.29, 1.82) is 0 Å². The van der Waals surface area contributed by atoms with Crippen molar-refractivity contribution >= 4 is 35.8 Å². The minimum atomic E-state index is 0. The van der Waals surface area contributed by atoms with Gasteiger partial charge in [0, 0.05) is 39.8 Å². The first-order valence-electron chi connectivity index (χ1n) is 10.6. The predicted octanol–water partition coefficient (Wildman–Crippen LogP) is 2.26. The number of piperidine rings is 1. The van der Waals surface area contributed by atoms with Crippen molar-refractivity contribution in [3.63, 3.8) is 0 Å². The second-order valence-corrected chi connectivity index (χ2v) is 7.97. The van der Waals surface area contributed by atoms with E-state index in [4.69, 9.17) is 4.74 Å². The largest absolute Gasteiger partial charge is 0.493 e. The van der Waals surface area contributed by atoms with E-state index in [1.165, 1.54) is 5.56 Å². The van der Waals surface area contributed by atoms with Gasteiger partial charge in [0.2, 0.25) is 5.91 Å². The van der Waals surface area contributed by atoms with Gasteiger partial charge in [0.05, 0.1) is 13.2 Å². The standard InChI is InChI=1S/C22H37N5O2.HI/c1-17(2)16-29-20-7-5-18(6-8-20)9-12-25-22(24-4)26-19-10-13-27(14-11-19)15-21(28)23-3;/h5-8,17,19H,9-16H2,1-4H3,(H,23,28)(H2,24,25,26);1H. The number of carbonyl (C=O) groups excluding carboxylic acids is 1. The van der Waals surface area contributed by atoms with Crippen molar-refractivity contribution in [3.8, 4) is 5.75 Å². The third-order valence-corrected chi connectivity index (χ3v) is 5.01. The number of likely N-dealkylation sites (tertiary alicyclic amines) is 1. The third kappa shape index (κ3) is 9.97. The monoisotopic (exact) mass is 531 g/mol. The number of nitrogens with zero attached hydrogens (tertiary/aromatic N) is 2. The number of hydrogen-bond acceptors (Lipinski definition) is 4. The average molecular weight is 531 g/mol. The number of amides is 1. The predicted molar refractivity (Wildman–Crippen MR) is 134 cm³/mol. The molecule has 1 fully saturated rings. The fourth-order valence-corrected chi connectivity index (χ4v) is 3.25. The Morgan fingerprint density at radius 3 is 2.47 bits per heavy atom. The highest BCUT2D eigenvalue weighted by Gasteiger charge is 2.21. The van der Waals surface area contributed by atoms with Gasteiger partial charge in [-0.25, -0.2) is 0 Å². The molecule has 1 saturated heterocycles. The molecule has 0 radical (unpaired) electrons. The van der Waals surface area contributed by atoms with E-state index in [0.717, 1.165) is 57.2 Å². The molecular weight excluding hydrogens is 493 g/mol. The summed E-state index contributed by atoms with van der Waals surface area (Å²) in [5.74, 6) is 2.37. The number of carbonyl (C=O) groups is 1. The van der Waals surface area contributed by atoms with Crippen LogP contribution in [0.1, 0.15) is 32.3 Å². The normalized spacial score (nSPS) is 15.4. The van der Waals surface area contributed by atoms with E-state index in [1.807, 2.05) is 12.1 Å². The van der Waals surface area contributed by atoms with Crippen LogP contribution >= 0.6 is 24.0 Å². The Morgan fingerprint density at radius 1 is 1.23 bits per heavy atom. The molecule has 30 heavy (non-hydrogen) atoms. The zero-order chi connectivity index (χ0) is 21.1. The molecule has 170 valence electrons. The zero-order valence-electron chi connectivity index (χ0n) is 18.7. The van der Waals surface area contributed by atoms with Crippen molar-refractivity contribution < 1.29 is 9.53 Å². The quantitative estimate of drug-likeness (QED) is 0.259. The number of rotatable bonds is 9. The van der Waals surface area contributed by atoms with Crippen LogP contribution in [0.2, 0.25) is 0 Å². The fraction of sp³-hybridized carbons (Fsp3) is 0.636. The lowest BCUT2D eigenvalue weighted by Crippen LogP contribution is -2.50. The average Bonchev–Trinajstić information content (AvgIpc) is 2.73. The van der Waals surface area contributed by atoms with Gasteiger partial charge in [-0.15, -0.1) is 24.0 Å². The van der Waals surface area contributed by atoms with Gasteiger partial charge in [0.15, 0.2) is 5.96 Å². The summed E-state index contributed by atoms with van der Waals surface area (Å²) in [5.41, 5.74) is 1.27. The molecule has 1 aromatic carbocycles. The second-order valence-electron chi connectivity index (χ2n) is 7.97. The van der Waals surface area contributed by atoms with Crippen molar-refractivity contribution in [2.24, 2.45) is 10.9 Å². The number of likely N-dealkylation sites (N-methyl/N-ethyl adjacent to an activating group) is 1. The summed E-state index contributed by atoms with van der Waals surface area (Å²) in [6.45, 7) is 8.19. The highest BCUT2D eigenvalue weighted by Crippen LogP contribution is 2.13. The molecule has 0 atom stereocenters. The van der Waals surface area contributed by atoms with E-state index in [9.17, 15) is 4.79 Å². The lowest BCUT2D eigenvalue weighted by Gasteiger charge is -2.32. The van der Waals surface area contributed by atoms with Crippen LogP contribution in [-0.4, -0.2) is 69.7 Å². The van der Waals surface area contributed by atoms with Crippen LogP contribution in [0.25, 0.3) is 0 Å². The maximum absolute atomic E-state index is 11.5. The Kier molecular flexibility index (Phi) is 12.8. The first kappa shape index (κ1) is 26.5. The van der Waals surface area contributed by atoms with Gasteiger partial charge in [-0.3, -0.25) is 14.7 Å². The smallest absolute Gasteiger partial charge is 0.233 e. The highest BCUT2D eigenvalue weighted by atomic mass is 127. The molecule has 1 heterocycles. The number of guanidine groups is 1. The van der Waals surface area contributed by atoms with Gasteiger partial charge in [-0.1, -0.05) is 26.0 Å². The Labute approximate surface area is 198 Å². The van der Waals surface area contributed by atoms with Crippen molar-refractivity contribution in [2.75, 3.05) is 46.9 Å². The first-order chi connectivity index (χ1) is 14.0. The molecule has 3 N–H and O–H groups in total. The molecule has 0 saturated carbocycles. The molecule has 0 unspecified atom stereocenters. The van der Waals surface area contributed by atoms with E-state index in [0.29, 0.717) is 18.5 Å². The van der Waals surface area contributed by atoms with Crippen LogP contribution in [0.15, 0.2) is 29.3 Å². The number of benzene rings is 1. The van der Waals surface area contributed by atoms with E-state index in [1.54, 1.807) is 14.1 Å². The molecule has 0 aromatic heterocycles. The summed E-state index contributed by atoms with van der Waals surface area (Å²) < 4.78 is 5.73. The minimum absolute atomic E-state index is 0. The number of ether oxygens (including phenoxy) is 1. The first-order valence-corrected chi connectivity index (χ1v) is 10.6. The van der Waals surface area contributed by atoms with Gasteiger partial charge in [-0.05, 0) is 42.9 Å². The summed E-state index contributed by atoms with van der Waals surface area (Å²) in [4.78, 5) is 18.0. The maximum atomic E-state index is 11.5. The Balaban J connectivity index is 0.00000450. The summed E-state index contributed by atoms with van der Waals surface area (Å²) in [7, 11) is 3.48. The van der Waals surface area contributed by atoms with Gasteiger partial charge < -0.3 is 20.7 Å². The molecule has 1 aliphatic rings. The molecule has 1 aromatic rings. The fourth-order valence-electron chi connectivity index (χ4n) is 3.25. The van der Waals surface area contributed by atoms with Crippen molar-refractivity contribution in [3.05, 3.63) is 29.8 Å².